The van der Waals surface area contributed by atoms with Gasteiger partial charge in [-0.3, -0.25) is 9.88 Å². The summed E-state index contributed by atoms with van der Waals surface area (Å²) in [7, 11) is 0. The quantitative estimate of drug-likeness (QED) is 0.863. The second-order valence-corrected chi connectivity index (χ2v) is 5.36. The number of nitrogens with one attached hydrogen (secondary N) is 1. The number of aryl methyl sites for hydroxylation is 1. The highest BCUT2D eigenvalue weighted by Gasteiger charge is 2.24. The third kappa shape index (κ3) is 3.27. The molecule has 1 N–H and O–H groups in total. The van der Waals surface area contributed by atoms with E-state index in [9.17, 15) is 0 Å². The van der Waals surface area contributed by atoms with Crippen LogP contribution in [-0.4, -0.2) is 35.6 Å². The van der Waals surface area contributed by atoms with Crippen LogP contribution in [0.3, 0.4) is 0 Å². The van der Waals surface area contributed by atoms with Gasteiger partial charge in [-0.25, -0.2) is 0 Å². The summed E-state index contributed by atoms with van der Waals surface area (Å²) >= 11 is 0. The van der Waals surface area contributed by atoms with Crippen LogP contribution >= 0.6 is 0 Å². The van der Waals surface area contributed by atoms with E-state index in [1.54, 1.807) is 0 Å². The molecular weight excluding hydrogens is 210 g/mol. The zero-order valence-corrected chi connectivity index (χ0v) is 11.1. The Morgan fingerprint density at radius 3 is 3.00 bits per heavy atom. The van der Waals surface area contributed by atoms with Gasteiger partial charge >= 0.3 is 0 Å². The highest BCUT2D eigenvalue weighted by molar-refractivity contribution is 5.16. The van der Waals surface area contributed by atoms with Crippen molar-refractivity contribution in [1.82, 2.24) is 15.2 Å². The fraction of sp³-hybridized carbons (Fsp3) is 0.643. The van der Waals surface area contributed by atoms with Crippen molar-refractivity contribution in [3.05, 3.63) is 29.6 Å². The van der Waals surface area contributed by atoms with Gasteiger partial charge in [-0.2, -0.15) is 0 Å². The summed E-state index contributed by atoms with van der Waals surface area (Å²) in [5.41, 5.74) is 2.58. The SMILES string of the molecule is Cc1cncc(CN2CCNCC2C(C)C)c1. The van der Waals surface area contributed by atoms with Crippen LogP contribution in [0.4, 0.5) is 0 Å². The summed E-state index contributed by atoms with van der Waals surface area (Å²) < 4.78 is 0. The molecule has 17 heavy (non-hydrogen) atoms. The molecule has 3 nitrogen and oxygen atoms in total. The van der Waals surface area contributed by atoms with E-state index in [-0.39, 0.29) is 0 Å². The maximum atomic E-state index is 4.28. The molecule has 0 bridgehead atoms. The molecule has 0 spiro atoms. The van der Waals surface area contributed by atoms with Gasteiger partial charge in [-0.1, -0.05) is 19.9 Å². The Labute approximate surface area is 104 Å². The molecule has 1 saturated heterocycles. The van der Waals surface area contributed by atoms with Gasteiger partial charge in [0.15, 0.2) is 0 Å². The lowest BCUT2D eigenvalue weighted by Gasteiger charge is -2.38. The normalized spacial score (nSPS) is 22.0. The predicted octanol–water partition coefficient (Wildman–Crippen LogP) is 1.82. The Morgan fingerprint density at radius 1 is 1.47 bits per heavy atom. The molecule has 0 amide bonds. The minimum atomic E-state index is 0.643. The van der Waals surface area contributed by atoms with Crippen molar-refractivity contribution >= 4 is 0 Å². The van der Waals surface area contributed by atoms with Crippen molar-refractivity contribution in [1.29, 1.82) is 0 Å². The predicted molar refractivity (Wildman–Crippen MR) is 70.9 cm³/mol. The van der Waals surface area contributed by atoms with Gasteiger partial charge in [0.1, 0.15) is 0 Å². The van der Waals surface area contributed by atoms with Gasteiger partial charge < -0.3 is 5.32 Å². The van der Waals surface area contributed by atoms with Crippen LogP contribution in [-0.2, 0) is 6.54 Å². The van der Waals surface area contributed by atoms with Crippen LogP contribution in [0.1, 0.15) is 25.0 Å². The summed E-state index contributed by atoms with van der Waals surface area (Å²) in [5, 5.41) is 3.49. The van der Waals surface area contributed by atoms with E-state index in [2.05, 4.69) is 42.0 Å². The Bertz CT molecular complexity index is 362. The Morgan fingerprint density at radius 2 is 2.29 bits per heavy atom. The first-order chi connectivity index (χ1) is 8.16. The Hall–Kier alpha value is -0.930. The third-order valence-electron chi connectivity index (χ3n) is 3.49. The monoisotopic (exact) mass is 233 g/mol. The highest BCUT2D eigenvalue weighted by Crippen LogP contribution is 2.16. The third-order valence-corrected chi connectivity index (χ3v) is 3.49. The summed E-state index contributed by atoms with van der Waals surface area (Å²) in [6.07, 6.45) is 3.91. The van der Waals surface area contributed by atoms with Gasteiger partial charge in [0.25, 0.3) is 0 Å². The van der Waals surface area contributed by atoms with Crippen LogP contribution in [0.5, 0.6) is 0 Å². The van der Waals surface area contributed by atoms with E-state index in [1.807, 2.05) is 12.4 Å². The summed E-state index contributed by atoms with van der Waals surface area (Å²) in [6.45, 7) is 11.1. The smallest absolute Gasteiger partial charge is 0.0313 e. The van der Waals surface area contributed by atoms with Gasteiger partial charge in [0, 0.05) is 44.6 Å². The molecule has 1 atom stereocenters. The van der Waals surface area contributed by atoms with Crippen LogP contribution in [0, 0.1) is 12.8 Å². The lowest BCUT2D eigenvalue weighted by Crippen LogP contribution is -2.52. The first kappa shape index (κ1) is 12.5. The molecular formula is C14H23N3. The molecule has 2 rings (SSSR count). The Balaban J connectivity index is 2.05. The van der Waals surface area contributed by atoms with E-state index >= 15 is 0 Å². The minimum Gasteiger partial charge on any atom is -0.314 e. The first-order valence-electron chi connectivity index (χ1n) is 6.52. The average molecular weight is 233 g/mol. The van der Waals surface area contributed by atoms with Crippen molar-refractivity contribution in [2.45, 2.75) is 33.4 Å². The topological polar surface area (TPSA) is 28.2 Å². The number of pyridine rings is 1. The van der Waals surface area contributed by atoms with Crippen molar-refractivity contribution in [2.75, 3.05) is 19.6 Å². The van der Waals surface area contributed by atoms with Gasteiger partial charge in [-0.15, -0.1) is 0 Å². The number of hydrogen-bond donors (Lipinski definition) is 1. The number of nitrogens with zero attached hydrogens (tertiary/aromatic N) is 2. The molecule has 94 valence electrons. The van der Waals surface area contributed by atoms with Gasteiger partial charge in [-0.05, 0) is 24.0 Å². The lowest BCUT2D eigenvalue weighted by atomic mass is 10.00. The Kier molecular flexibility index (Phi) is 4.13. The largest absolute Gasteiger partial charge is 0.314 e. The lowest BCUT2D eigenvalue weighted by molar-refractivity contribution is 0.117. The van der Waals surface area contributed by atoms with E-state index in [0.29, 0.717) is 12.0 Å². The molecule has 0 saturated carbocycles. The molecule has 0 aromatic carbocycles. The van der Waals surface area contributed by atoms with Gasteiger partial charge in [0.2, 0.25) is 0 Å². The molecule has 1 aromatic heterocycles. The van der Waals surface area contributed by atoms with E-state index < -0.39 is 0 Å². The van der Waals surface area contributed by atoms with Crippen LogP contribution in [0.25, 0.3) is 0 Å². The standard InChI is InChI=1S/C14H23N3/c1-11(2)14-9-15-4-5-17(14)10-13-6-12(3)7-16-8-13/h6-8,11,14-15H,4-5,9-10H2,1-3H3. The van der Waals surface area contributed by atoms with Crippen molar-refractivity contribution in [2.24, 2.45) is 5.92 Å². The second kappa shape index (κ2) is 5.61. The number of piperazine rings is 1. The van der Waals surface area contributed by atoms with Crippen LogP contribution in [0.15, 0.2) is 18.5 Å². The number of rotatable bonds is 3. The maximum Gasteiger partial charge on any atom is 0.0313 e. The first-order valence-corrected chi connectivity index (χ1v) is 6.52. The zero-order valence-electron chi connectivity index (χ0n) is 11.1. The molecule has 0 aliphatic carbocycles. The van der Waals surface area contributed by atoms with Crippen LogP contribution in [0.2, 0.25) is 0 Å². The maximum absolute atomic E-state index is 4.28. The molecule has 3 heteroatoms. The van der Waals surface area contributed by atoms with E-state index in [0.717, 1.165) is 26.2 Å². The molecule has 1 unspecified atom stereocenters. The molecule has 0 radical (unpaired) electrons. The van der Waals surface area contributed by atoms with E-state index in [1.165, 1.54) is 11.1 Å². The number of aromatic nitrogens is 1. The molecule has 1 aliphatic rings. The molecule has 1 aliphatic heterocycles. The van der Waals surface area contributed by atoms with E-state index in [4.69, 9.17) is 0 Å². The summed E-state index contributed by atoms with van der Waals surface area (Å²) in [6, 6.07) is 2.89. The summed E-state index contributed by atoms with van der Waals surface area (Å²) in [5.74, 6) is 0.695. The van der Waals surface area contributed by atoms with Crippen molar-refractivity contribution in [3.8, 4) is 0 Å². The highest BCUT2D eigenvalue weighted by atomic mass is 15.2. The van der Waals surface area contributed by atoms with Crippen molar-refractivity contribution < 1.29 is 0 Å². The molecule has 2 heterocycles. The fourth-order valence-electron chi connectivity index (χ4n) is 2.56. The zero-order chi connectivity index (χ0) is 12.3. The second-order valence-electron chi connectivity index (χ2n) is 5.36. The molecule has 1 fully saturated rings. The minimum absolute atomic E-state index is 0.643. The van der Waals surface area contributed by atoms with Gasteiger partial charge in [0.05, 0.1) is 0 Å². The fourth-order valence-corrected chi connectivity index (χ4v) is 2.56. The summed E-state index contributed by atoms with van der Waals surface area (Å²) in [4.78, 5) is 6.86. The number of hydrogen-bond acceptors (Lipinski definition) is 3. The van der Waals surface area contributed by atoms with Crippen molar-refractivity contribution in [3.63, 3.8) is 0 Å². The van der Waals surface area contributed by atoms with Crippen LogP contribution < -0.4 is 5.32 Å². The molecule has 1 aromatic rings. The average Bonchev–Trinajstić information content (AvgIpc) is 2.29.